The molecule has 0 amide bonds. The van der Waals surface area contributed by atoms with Crippen LogP contribution in [0.5, 0.6) is 0 Å². The number of nitrogens with one attached hydrogen (secondary N) is 1. The number of halogens is 3. The molecule has 1 saturated carbocycles. The van der Waals surface area contributed by atoms with Crippen LogP contribution in [0, 0.1) is 5.92 Å². The third-order valence-corrected chi connectivity index (χ3v) is 5.32. The van der Waals surface area contributed by atoms with Crippen LogP contribution in [0.3, 0.4) is 0 Å². The molecule has 6 heteroatoms. The van der Waals surface area contributed by atoms with Gasteiger partial charge in [-0.3, -0.25) is 0 Å². The van der Waals surface area contributed by atoms with Crippen LogP contribution in [0.15, 0.2) is 6.20 Å². The Balaban J connectivity index is 1.87. The van der Waals surface area contributed by atoms with Crippen molar-refractivity contribution < 1.29 is 13.2 Å². The molecule has 0 aromatic carbocycles. The van der Waals surface area contributed by atoms with Gasteiger partial charge in [0, 0.05) is 29.1 Å². The number of rotatable bonds is 3. The maximum absolute atomic E-state index is 12.8. The minimum absolute atomic E-state index is 0.0230. The lowest BCUT2D eigenvalue weighted by molar-refractivity contribution is -0.183. The molecule has 2 nitrogen and oxygen atoms in total. The van der Waals surface area contributed by atoms with Crippen molar-refractivity contribution in [1.82, 2.24) is 10.3 Å². The maximum Gasteiger partial charge on any atom is 0.391 e. The molecular formula is C15H23F3N2S. The standard InChI is InChI=1S/C15H23F3N2S/c1-14(2,3)13-20-9-12(21-13)8-19-11-6-4-5-10(7-11)15(16,17)18/h9-11,19H,4-8H2,1-3H3. The minimum atomic E-state index is -4.05. The summed E-state index contributed by atoms with van der Waals surface area (Å²) in [7, 11) is 0. The lowest BCUT2D eigenvalue weighted by atomic mass is 9.85. The molecular weight excluding hydrogens is 297 g/mol. The number of alkyl halides is 3. The SMILES string of the molecule is CC(C)(C)c1ncc(CNC2CCCC(C(F)(F)F)C2)s1. The molecule has 2 unspecified atom stereocenters. The highest BCUT2D eigenvalue weighted by molar-refractivity contribution is 7.11. The van der Waals surface area contributed by atoms with E-state index in [-0.39, 0.29) is 24.3 Å². The first-order valence-electron chi connectivity index (χ1n) is 7.41. The highest BCUT2D eigenvalue weighted by atomic mass is 32.1. The van der Waals surface area contributed by atoms with Crippen molar-refractivity contribution in [2.75, 3.05) is 0 Å². The van der Waals surface area contributed by atoms with Gasteiger partial charge < -0.3 is 5.32 Å². The topological polar surface area (TPSA) is 24.9 Å². The first-order valence-corrected chi connectivity index (χ1v) is 8.23. The summed E-state index contributed by atoms with van der Waals surface area (Å²) < 4.78 is 38.3. The molecule has 0 bridgehead atoms. The smallest absolute Gasteiger partial charge is 0.309 e. The summed E-state index contributed by atoms with van der Waals surface area (Å²) in [5.41, 5.74) is 0.0230. The average molecular weight is 320 g/mol. The Hall–Kier alpha value is -0.620. The van der Waals surface area contributed by atoms with Gasteiger partial charge in [-0.2, -0.15) is 13.2 Å². The molecule has 21 heavy (non-hydrogen) atoms. The normalized spacial score (nSPS) is 24.3. The van der Waals surface area contributed by atoms with Crippen LogP contribution in [0.1, 0.15) is 56.3 Å². The highest BCUT2D eigenvalue weighted by Gasteiger charge is 2.42. The lowest BCUT2D eigenvalue weighted by Crippen LogP contribution is -2.38. The zero-order chi connectivity index (χ0) is 15.7. The van der Waals surface area contributed by atoms with Crippen molar-refractivity contribution in [3.8, 4) is 0 Å². The second-order valence-corrected chi connectivity index (χ2v) is 7.98. The molecule has 120 valence electrons. The van der Waals surface area contributed by atoms with E-state index in [1.165, 1.54) is 0 Å². The van der Waals surface area contributed by atoms with E-state index in [0.29, 0.717) is 13.0 Å². The molecule has 1 fully saturated rings. The van der Waals surface area contributed by atoms with Crippen molar-refractivity contribution in [1.29, 1.82) is 0 Å². The van der Waals surface area contributed by atoms with E-state index in [0.717, 1.165) is 16.3 Å². The fourth-order valence-electron chi connectivity index (χ4n) is 2.65. The molecule has 2 rings (SSSR count). The zero-order valence-corrected chi connectivity index (χ0v) is 13.6. The number of nitrogens with zero attached hydrogens (tertiary/aromatic N) is 1. The molecule has 0 saturated heterocycles. The van der Waals surface area contributed by atoms with E-state index < -0.39 is 12.1 Å². The Morgan fingerprint density at radius 3 is 2.57 bits per heavy atom. The third kappa shape index (κ3) is 4.68. The molecule has 1 aliphatic rings. The Labute approximate surface area is 128 Å². The summed E-state index contributed by atoms with van der Waals surface area (Å²) in [5.74, 6) is -1.14. The minimum Gasteiger partial charge on any atom is -0.309 e. The van der Waals surface area contributed by atoms with Crippen LogP contribution in [-0.4, -0.2) is 17.2 Å². The fourth-order valence-corrected chi connectivity index (χ4v) is 3.57. The van der Waals surface area contributed by atoms with Crippen LogP contribution in [0.25, 0.3) is 0 Å². The molecule has 1 aromatic heterocycles. The Kier molecular flexibility index (Phi) is 4.98. The predicted octanol–water partition coefficient (Wildman–Crippen LogP) is 4.65. The first kappa shape index (κ1) is 16.7. The Bertz CT molecular complexity index is 462. The van der Waals surface area contributed by atoms with Crippen molar-refractivity contribution >= 4 is 11.3 Å². The van der Waals surface area contributed by atoms with E-state index in [1.54, 1.807) is 11.3 Å². The van der Waals surface area contributed by atoms with Gasteiger partial charge in [-0.15, -0.1) is 11.3 Å². The van der Waals surface area contributed by atoms with Crippen molar-refractivity contribution in [3.05, 3.63) is 16.1 Å². The zero-order valence-electron chi connectivity index (χ0n) is 12.8. The Morgan fingerprint density at radius 1 is 1.29 bits per heavy atom. The van der Waals surface area contributed by atoms with E-state index in [1.807, 2.05) is 6.20 Å². The molecule has 0 spiro atoms. The molecule has 1 heterocycles. The number of hydrogen-bond donors (Lipinski definition) is 1. The molecule has 1 aliphatic carbocycles. The highest BCUT2D eigenvalue weighted by Crippen LogP contribution is 2.37. The number of aromatic nitrogens is 1. The van der Waals surface area contributed by atoms with Gasteiger partial charge in [-0.05, 0) is 19.3 Å². The first-order chi connectivity index (χ1) is 9.66. The van der Waals surface area contributed by atoms with Gasteiger partial charge in [-0.25, -0.2) is 4.98 Å². The number of hydrogen-bond acceptors (Lipinski definition) is 3. The van der Waals surface area contributed by atoms with Crippen LogP contribution >= 0.6 is 11.3 Å². The van der Waals surface area contributed by atoms with Gasteiger partial charge >= 0.3 is 6.18 Å². The van der Waals surface area contributed by atoms with E-state index in [9.17, 15) is 13.2 Å². The molecule has 0 radical (unpaired) electrons. The molecule has 2 atom stereocenters. The monoisotopic (exact) mass is 320 g/mol. The fraction of sp³-hybridized carbons (Fsp3) is 0.800. The predicted molar refractivity (Wildman–Crippen MR) is 79.5 cm³/mol. The quantitative estimate of drug-likeness (QED) is 0.877. The average Bonchev–Trinajstić information content (AvgIpc) is 2.84. The van der Waals surface area contributed by atoms with Crippen LogP contribution in [-0.2, 0) is 12.0 Å². The maximum atomic E-state index is 12.8. The van der Waals surface area contributed by atoms with Gasteiger partial charge in [0.2, 0.25) is 0 Å². The third-order valence-electron chi connectivity index (χ3n) is 3.90. The van der Waals surface area contributed by atoms with Crippen LogP contribution in [0.4, 0.5) is 13.2 Å². The molecule has 1 aromatic rings. The van der Waals surface area contributed by atoms with Gasteiger partial charge in [-0.1, -0.05) is 27.2 Å². The lowest BCUT2D eigenvalue weighted by Gasteiger charge is -2.31. The number of thiazole rings is 1. The van der Waals surface area contributed by atoms with E-state index in [4.69, 9.17) is 0 Å². The van der Waals surface area contributed by atoms with E-state index in [2.05, 4.69) is 31.1 Å². The summed E-state index contributed by atoms with van der Waals surface area (Å²) >= 11 is 1.64. The van der Waals surface area contributed by atoms with Crippen molar-refractivity contribution in [2.45, 2.75) is 70.6 Å². The van der Waals surface area contributed by atoms with Gasteiger partial charge in [0.05, 0.1) is 10.9 Å². The van der Waals surface area contributed by atoms with Gasteiger partial charge in [0.25, 0.3) is 0 Å². The van der Waals surface area contributed by atoms with Crippen LogP contribution in [0.2, 0.25) is 0 Å². The van der Waals surface area contributed by atoms with Crippen LogP contribution < -0.4 is 5.32 Å². The second-order valence-electron chi connectivity index (χ2n) is 6.86. The molecule has 1 N–H and O–H groups in total. The van der Waals surface area contributed by atoms with Crippen molar-refractivity contribution in [3.63, 3.8) is 0 Å². The summed E-state index contributed by atoms with van der Waals surface area (Å²) in [5, 5.41) is 4.34. The summed E-state index contributed by atoms with van der Waals surface area (Å²) in [6.45, 7) is 6.94. The summed E-state index contributed by atoms with van der Waals surface area (Å²) in [4.78, 5) is 5.50. The second kappa shape index (κ2) is 6.24. The van der Waals surface area contributed by atoms with Gasteiger partial charge in [0.1, 0.15) is 0 Å². The Morgan fingerprint density at radius 2 is 2.00 bits per heavy atom. The molecule has 0 aliphatic heterocycles. The van der Waals surface area contributed by atoms with Gasteiger partial charge in [0.15, 0.2) is 0 Å². The largest absolute Gasteiger partial charge is 0.391 e. The summed E-state index contributed by atoms with van der Waals surface area (Å²) in [6, 6.07) is -0.0365. The summed E-state index contributed by atoms with van der Waals surface area (Å²) in [6.07, 6.45) is -0.257. The van der Waals surface area contributed by atoms with E-state index >= 15 is 0 Å². The van der Waals surface area contributed by atoms with Crippen molar-refractivity contribution in [2.24, 2.45) is 5.92 Å².